The molecule has 8 aromatic heterocycles. The topological polar surface area (TPSA) is 103 Å². The van der Waals surface area contributed by atoms with Gasteiger partial charge < -0.3 is 0 Å². The van der Waals surface area contributed by atoms with Crippen LogP contribution >= 0.6 is 23.2 Å². The molecular weight excluding hydrogens is 1170 g/mol. The number of benzene rings is 1. The summed E-state index contributed by atoms with van der Waals surface area (Å²) < 4.78 is 0. The van der Waals surface area contributed by atoms with Crippen LogP contribution < -0.4 is 0 Å². The van der Waals surface area contributed by atoms with Crippen molar-refractivity contribution in [3.05, 3.63) is 204 Å². The Morgan fingerprint density at radius 1 is 0.371 bits per heavy atom. The second kappa shape index (κ2) is 23.5. The van der Waals surface area contributed by atoms with Crippen molar-refractivity contribution in [2.75, 3.05) is 0 Å². The molecule has 0 atom stereocenters. The van der Waals surface area contributed by atoms with Gasteiger partial charge in [0.05, 0.1) is 56.3 Å². The second-order valence-electron chi connectivity index (χ2n) is 12.6. The molecule has 0 saturated carbocycles. The predicted molar refractivity (Wildman–Crippen MR) is 240 cm³/mol. The van der Waals surface area contributed by atoms with Crippen molar-refractivity contribution in [2.45, 2.75) is 0 Å². The van der Waals surface area contributed by atoms with Gasteiger partial charge in [-0.3, -0.25) is 29.9 Å². The number of hydrogen-bond donors (Lipinski definition) is 0. The molecule has 0 bridgehead atoms. The van der Waals surface area contributed by atoms with Crippen LogP contribution in [0.1, 0.15) is 11.1 Å². The van der Waals surface area contributed by atoms with Crippen LogP contribution in [0.2, 0.25) is 10.0 Å². The summed E-state index contributed by atoms with van der Waals surface area (Å²) in [4.78, 5) is 36.2. The van der Waals surface area contributed by atoms with Gasteiger partial charge in [-0.1, -0.05) is 65.4 Å². The van der Waals surface area contributed by atoms with Crippen LogP contribution in [-0.2, 0) is 42.1 Å². The van der Waals surface area contributed by atoms with Crippen molar-refractivity contribution in [3.63, 3.8) is 0 Å². The molecule has 12 heteroatoms. The van der Waals surface area contributed by atoms with Crippen molar-refractivity contribution in [2.24, 2.45) is 0 Å². The molecular formula is C50H32Cl2N8Pt2. The molecule has 9 aromatic rings. The van der Waals surface area contributed by atoms with Crippen molar-refractivity contribution in [1.29, 1.82) is 0 Å². The molecule has 8 heterocycles. The van der Waals surface area contributed by atoms with Crippen LogP contribution in [0.3, 0.4) is 0 Å². The van der Waals surface area contributed by atoms with Crippen LogP contribution in [0.15, 0.2) is 183 Å². The minimum absolute atomic E-state index is 0. The first-order valence-electron chi connectivity index (χ1n) is 18.4. The van der Waals surface area contributed by atoms with Crippen molar-refractivity contribution < 1.29 is 42.1 Å². The van der Waals surface area contributed by atoms with Gasteiger partial charge in [-0.2, -0.15) is 0 Å². The number of aromatic nitrogens is 8. The van der Waals surface area contributed by atoms with Gasteiger partial charge in [-0.05, 0) is 115 Å². The molecule has 0 saturated heterocycles. The number of nitrogens with zero attached hydrogens (tertiary/aromatic N) is 8. The van der Waals surface area contributed by atoms with Crippen molar-refractivity contribution >= 4 is 23.2 Å². The molecule has 9 rings (SSSR count). The summed E-state index contributed by atoms with van der Waals surface area (Å²) in [6.07, 6.45) is 20.7. The van der Waals surface area contributed by atoms with Gasteiger partial charge in [0.15, 0.2) is 0 Å². The van der Waals surface area contributed by atoms with E-state index >= 15 is 0 Å². The van der Waals surface area contributed by atoms with Crippen molar-refractivity contribution in [1.82, 2.24) is 39.9 Å². The van der Waals surface area contributed by atoms with E-state index < -0.39 is 0 Å². The maximum atomic E-state index is 6.82. The van der Waals surface area contributed by atoms with Gasteiger partial charge in [0.1, 0.15) is 5.69 Å². The average molecular weight is 1210 g/mol. The van der Waals surface area contributed by atoms with E-state index in [0.29, 0.717) is 27.1 Å². The molecule has 0 aliphatic carbocycles. The average Bonchev–Trinajstić information content (AvgIpc) is 3.33. The zero-order chi connectivity index (χ0) is 41.5. The molecule has 62 heavy (non-hydrogen) atoms. The zero-order valence-corrected chi connectivity index (χ0v) is 38.5. The van der Waals surface area contributed by atoms with Gasteiger partial charge >= 0.3 is 0 Å². The normalized spacial score (nSPS) is 9.81. The Hall–Kier alpha value is -6.50. The molecule has 0 radical (unpaired) electrons. The third-order valence-corrected chi connectivity index (χ3v) is 9.17. The smallest absolute Gasteiger partial charge is 0.101 e. The van der Waals surface area contributed by atoms with E-state index in [2.05, 4.69) is 46.7 Å². The Morgan fingerprint density at radius 2 is 0.774 bits per heavy atom. The van der Waals surface area contributed by atoms with Crippen LogP contribution in [0.4, 0.5) is 0 Å². The first kappa shape index (κ1) is 46.6. The summed E-state index contributed by atoms with van der Waals surface area (Å²) in [5, 5.41) is 1.15. The maximum absolute atomic E-state index is 6.82. The summed E-state index contributed by atoms with van der Waals surface area (Å²) in [5.41, 5.74) is 10.6. The second-order valence-corrected chi connectivity index (χ2v) is 13.5. The van der Waals surface area contributed by atoms with E-state index in [1.54, 1.807) is 49.3 Å². The third kappa shape index (κ3) is 12.1. The molecule has 8 nitrogen and oxygen atoms in total. The Morgan fingerprint density at radius 3 is 1.19 bits per heavy atom. The Balaban J connectivity index is 0.000000199. The molecule has 1 aromatic carbocycles. The van der Waals surface area contributed by atoms with Crippen LogP contribution in [-0.4, -0.2) is 39.9 Å². The molecule has 0 N–H and O–H groups in total. The standard InChI is InChI=1S/C25H16ClN5.C15H10ClN3.C10H6.2Pt/c26-18-16-22(20-10-2-5-13-28-20)31-25(23(18)21-11-3-6-14-29-21)24-17(8-7-15-30-24)19-9-1-4-12-27-19;16-11-9-14(12-5-1-3-7-17-12)19-15(10-11)13-6-2-4-8-18-13;1-3-9-5-7-10(4-2)8-6-9;;/h1-16H;1-10H;1-2,5-8H;;. The van der Waals surface area contributed by atoms with Crippen LogP contribution in [0.5, 0.6) is 0 Å². The van der Waals surface area contributed by atoms with Crippen LogP contribution in [0.25, 0.3) is 68.1 Å². The van der Waals surface area contributed by atoms with Gasteiger partial charge in [-0.25, -0.2) is 9.97 Å². The van der Waals surface area contributed by atoms with E-state index in [1.807, 2.05) is 133 Å². The first-order valence-corrected chi connectivity index (χ1v) is 19.2. The molecule has 0 aliphatic heterocycles. The summed E-state index contributed by atoms with van der Waals surface area (Å²) in [6, 6.07) is 45.2. The predicted octanol–water partition coefficient (Wildman–Crippen LogP) is 11.5. The van der Waals surface area contributed by atoms with Gasteiger partial charge in [0, 0.05) is 107 Å². The van der Waals surface area contributed by atoms with E-state index in [9.17, 15) is 0 Å². The minimum Gasteiger partial charge on any atom is -0.256 e. The number of hydrogen-bond acceptors (Lipinski definition) is 8. The number of rotatable bonds is 6. The van der Waals surface area contributed by atoms with Gasteiger partial charge in [0.2, 0.25) is 0 Å². The van der Waals surface area contributed by atoms with E-state index in [0.717, 1.165) is 62.1 Å². The molecule has 306 valence electrons. The van der Waals surface area contributed by atoms with Crippen LogP contribution in [0, 0.1) is 24.7 Å². The van der Waals surface area contributed by atoms with Crippen molar-refractivity contribution in [3.8, 4) is 92.8 Å². The Labute approximate surface area is 398 Å². The molecule has 0 fully saturated rings. The summed E-state index contributed by atoms with van der Waals surface area (Å²) in [5.74, 6) is 5.02. The summed E-state index contributed by atoms with van der Waals surface area (Å²) in [6.45, 7) is 0. The van der Waals surface area contributed by atoms with E-state index in [4.69, 9.17) is 41.0 Å². The first-order chi connectivity index (χ1) is 29.5. The molecule has 0 aliphatic rings. The van der Waals surface area contributed by atoms with Gasteiger partial charge in [0.25, 0.3) is 0 Å². The molecule has 0 unspecified atom stereocenters. The van der Waals surface area contributed by atoms with Gasteiger partial charge in [-0.15, -0.1) is 12.8 Å². The van der Waals surface area contributed by atoms with E-state index in [-0.39, 0.29) is 42.1 Å². The largest absolute Gasteiger partial charge is 0.256 e. The molecule has 0 spiro atoms. The summed E-state index contributed by atoms with van der Waals surface area (Å²) in [7, 11) is 0. The summed E-state index contributed by atoms with van der Waals surface area (Å²) >= 11 is 13.0. The van der Waals surface area contributed by atoms with E-state index in [1.165, 1.54) is 0 Å². The fourth-order valence-electron chi connectivity index (χ4n) is 5.86. The fourth-order valence-corrected chi connectivity index (χ4v) is 6.36. The number of halogens is 2. The minimum atomic E-state index is 0. The SMILES string of the molecule is C#Cc1ccc(C#C)cc1.Clc1cc(-c2ccccn2)nc(-c2ccccn2)c1.Clc1cc(-c2ccccn2)nc(-c2ncccc2-c2ccccn2)c1-c1ccccn1.[Pt].[Pt]. The number of pyridine rings is 8. The zero-order valence-electron chi connectivity index (χ0n) is 32.4. The quantitative estimate of drug-likeness (QED) is 0.152. The fraction of sp³-hybridized carbons (Fsp3) is 0. The molecule has 0 amide bonds. The Bertz CT molecular complexity index is 2810. The third-order valence-electron chi connectivity index (χ3n) is 8.66. The Kier molecular flexibility index (Phi) is 17.6. The maximum Gasteiger partial charge on any atom is 0.101 e. The number of terminal acetylenes is 2. The monoisotopic (exact) mass is 1200 g/mol.